The molecule has 0 aliphatic carbocycles. The van der Waals surface area contributed by atoms with E-state index in [2.05, 4.69) is 22.5 Å². The molecule has 0 fully saturated rings. The first-order chi connectivity index (χ1) is 12.2. The van der Waals surface area contributed by atoms with Crippen LogP contribution in [0.5, 0.6) is 5.75 Å². The molecule has 0 atom stereocenters. The van der Waals surface area contributed by atoms with Gasteiger partial charge in [0.2, 0.25) is 6.33 Å². The largest absolute Gasteiger partial charge is 0.494 e. The van der Waals surface area contributed by atoms with E-state index in [0.29, 0.717) is 18.8 Å². The quantitative estimate of drug-likeness (QED) is 0.367. The number of hydrogen-bond donors (Lipinski definition) is 3. The van der Waals surface area contributed by atoms with E-state index >= 15 is 0 Å². The first-order valence-electron chi connectivity index (χ1n) is 8.53. The molecule has 0 saturated carbocycles. The van der Waals surface area contributed by atoms with Crippen molar-refractivity contribution in [3.05, 3.63) is 43.0 Å². The van der Waals surface area contributed by atoms with Gasteiger partial charge in [0, 0.05) is 18.7 Å². The smallest absolute Gasteiger partial charge is 0.313 e. The van der Waals surface area contributed by atoms with Crippen molar-refractivity contribution in [2.45, 2.75) is 32.7 Å². The van der Waals surface area contributed by atoms with Crippen molar-refractivity contribution >= 4 is 17.5 Å². The van der Waals surface area contributed by atoms with Crippen LogP contribution in [0.2, 0.25) is 0 Å². The molecular weight excluding hydrogens is 320 g/mol. The number of H-pyrrole nitrogens is 1. The fourth-order valence-corrected chi connectivity index (χ4v) is 2.16. The molecule has 0 aliphatic rings. The second-order valence-electron chi connectivity index (χ2n) is 5.64. The number of hydrogen-bond acceptors (Lipinski definition) is 3. The van der Waals surface area contributed by atoms with Crippen molar-refractivity contribution in [1.82, 2.24) is 10.3 Å². The Morgan fingerprint density at radius 3 is 2.64 bits per heavy atom. The molecule has 2 amide bonds. The number of carbonyl (C=O) groups is 2. The number of rotatable bonds is 9. The number of nitrogens with one attached hydrogen (secondary N) is 3. The van der Waals surface area contributed by atoms with Crippen LogP contribution in [0.1, 0.15) is 26.2 Å². The summed E-state index contributed by atoms with van der Waals surface area (Å²) in [5, 5.41) is 5.19. The zero-order valence-corrected chi connectivity index (χ0v) is 14.5. The Kier molecular flexibility index (Phi) is 7.49. The first kappa shape index (κ1) is 18.5. The molecule has 134 valence electrons. The van der Waals surface area contributed by atoms with Gasteiger partial charge in [-0.25, -0.2) is 4.57 Å². The highest BCUT2D eigenvalue weighted by atomic mass is 16.5. The van der Waals surface area contributed by atoms with Crippen LogP contribution in [0.25, 0.3) is 0 Å². The Hall–Kier alpha value is -2.83. The molecule has 0 radical (unpaired) electrons. The zero-order chi connectivity index (χ0) is 17.9. The lowest BCUT2D eigenvalue weighted by Gasteiger charge is -2.08. The molecule has 1 heterocycles. The lowest BCUT2D eigenvalue weighted by Crippen LogP contribution is -2.38. The number of ether oxygens (including phenoxy) is 1. The van der Waals surface area contributed by atoms with E-state index in [1.807, 2.05) is 23.3 Å². The Balaban J connectivity index is 1.68. The highest BCUT2D eigenvalue weighted by molar-refractivity contribution is 6.39. The van der Waals surface area contributed by atoms with Crippen LogP contribution in [0.15, 0.2) is 43.0 Å². The molecule has 3 N–H and O–H groups in total. The van der Waals surface area contributed by atoms with Gasteiger partial charge in [0.25, 0.3) is 0 Å². The number of aromatic nitrogens is 2. The van der Waals surface area contributed by atoms with E-state index in [9.17, 15) is 9.59 Å². The molecule has 25 heavy (non-hydrogen) atoms. The standard InChI is InChI=1S/C18H24N4O3/c1-2-3-13-25-16-7-5-15(6-8-16)21-18(24)17(23)20-9-4-11-22-12-10-19-14-22/h5-8,10,12,14H,2-4,9,11,13H2,1H3,(H2,20,21,23,24)/p+1. The number of nitrogens with zero attached hydrogens (tertiary/aromatic N) is 1. The Bertz CT molecular complexity index is 653. The third kappa shape index (κ3) is 6.66. The third-order valence-electron chi connectivity index (χ3n) is 3.57. The summed E-state index contributed by atoms with van der Waals surface area (Å²) >= 11 is 0. The predicted molar refractivity (Wildman–Crippen MR) is 94.1 cm³/mol. The van der Waals surface area contributed by atoms with E-state index in [1.54, 1.807) is 24.3 Å². The summed E-state index contributed by atoms with van der Waals surface area (Å²) in [5.74, 6) is -0.561. The summed E-state index contributed by atoms with van der Waals surface area (Å²) in [4.78, 5) is 26.6. The highest BCUT2D eigenvalue weighted by Crippen LogP contribution is 2.15. The monoisotopic (exact) mass is 345 g/mol. The summed E-state index contributed by atoms with van der Waals surface area (Å²) in [6.07, 6.45) is 8.39. The van der Waals surface area contributed by atoms with Crippen LogP contribution < -0.4 is 19.9 Å². The predicted octanol–water partition coefficient (Wildman–Crippen LogP) is 1.63. The Morgan fingerprint density at radius 2 is 1.96 bits per heavy atom. The van der Waals surface area contributed by atoms with Gasteiger partial charge in [0.15, 0.2) is 0 Å². The topological polar surface area (TPSA) is 87.1 Å². The maximum absolute atomic E-state index is 11.9. The van der Waals surface area contributed by atoms with Gasteiger partial charge in [0.1, 0.15) is 18.1 Å². The zero-order valence-electron chi connectivity index (χ0n) is 14.5. The van der Waals surface area contributed by atoms with Crippen LogP contribution in [0.3, 0.4) is 0 Å². The van der Waals surface area contributed by atoms with Crippen molar-refractivity contribution in [2.75, 3.05) is 18.5 Å². The normalized spacial score (nSPS) is 10.3. The van der Waals surface area contributed by atoms with Gasteiger partial charge in [-0.05, 0) is 30.7 Å². The van der Waals surface area contributed by atoms with Gasteiger partial charge in [-0.15, -0.1) is 0 Å². The number of anilines is 1. The van der Waals surface area contributed by atoms with Crippen molar-refractivity contribution in [3.8, 4) is 5.75 Å². The summed E-state index contributed by atoms with van der Waals surface area (Å²) < 4.78 is 7.52. The number of aromatic amines is 1. The molecule has 2 aromatic rings. The van der Waals surface area contributed by atoms with Crippen LogP contribution in [0.4, 0.5) is 5.69 Å². The third-order valence-corrected chi connectivity index (χ3v) is 3.57. The van der Waals surface area contributed by atoms with E-state index in [1.165, 1.54) is 0 Å². The molecule has 0 bridgehead atoms. The van der Waals surface area contributed by atoms with Crippen LogP contribution >= 0.6 is 0 Å². The van der Waals surface area contributed by atoms with Crippen LogP contribution in [-0.4, -0.2) is 29.9 Å². The van der Waals surface area contributed by atoms with E-state index in [0.717, 1.165) is 31.6 Å². The number of carbonyl (C=O) groups excluding carboxylic acids is 2. The summed E-state index contributed by atoms with van der Waals surface area (Å²) in [5.41, 5.74) is 0.561. The van der Waals surface area contributed by atoms with Gasteiger partial charge in [-0.3, -0.25) is 14.6 Å². The van der Waals surface area contributed by atoms with Gasteiger partial charge in [-0.2, -0.15) is 0 Å². The lowest BCUT2D eigenvalue weighted by molar-refractivity contribution is -0.695. The number of imidazole rings is 1. The van der Waals surface area contributed by atoms with Crippen LogP contribution in [0, 0.1) is 0 Å². The molecule has 1 aromatic carbocycles. The summed E-state index contributed by atoms with van der Waals surface area (Å²) in [6.45, 7) is 3.98. The Morgan fingerprint density at radius 1 is 1.16 bits per heavy atom. The minimum atomic E-state index is -0.672. The molecule has 2 rings (SSSR count). The van der Waals surface area contributed by atoms with E-state index < -0.39 is 11.8 Å². The number of unbranched alkanes of at least 4 members (excludes halogenated alkanes) is 1. The SMILES string of the molecule is CCCCOc1ccc(NC(=O)C(=O)NCCC[n+]2cc[nH]c2)cc1. The molecule has 0 aliphatic heterocycles. The molecule has 1 aromatic heterocycles. The highest BCUT2D eigenvalue weighted by Gasteiger charge is 2.13. The summed E-state index contributed by atoms with van der Waals surface area (Å²) in [6, 6.07) is 6.98. The fraction of sp³-hybridized carbons (Fsp3) is 0.389. The van der Waals surface area contributed by atoms with Gasteiger partial charge >= 0.3 is 11.8 Å². The maximum atomic E-state index is 11.9. The van der Waals surface area contributed by atoms with Gasteiger partial charge in [0.05, 0.1) is 13.2 Å². The fourth-order valence-electron chi connectivity index (χ4n) is 2.16. The molecule has 0 unspecified atom stereocenters. The number of benzene rings is 1. The van der Waals surface area contributed by atoms with Gasteiger partial charge < -0.3 is 15.4 Å². The van der Waals surface area contributed by atoms with E-state index in [4.69, 9.17) is 4.74 Å². The second-order valence-corrected chi connectivity index (χ2v) is 5.64. The molecule has 0 saturated heterocycles. The molecular formula is C18H25N4O3+. The number of amides is 2. The van der Waals surface area contributed by atoms with Crippen molar-refractivity contribution in [3.63, 3.8) is 0 Å². The Labute approximate surface area is 147 Å². The minimum absolute atomic E-state index is 0.439. The maximum Gasteiger partial charge on any atom is 0.313 e. The number of aryl methyl sites for hydroxylation is 1. The average Bonchev–Trinajstić information content (AvgIpc) is 3.13. The summed E-state index contributed by atoms with van der Waals surface area (Å²) in [7, 11) is 0. The van der Waals surface area contributed by atoms with Crippen molar-refractivity contribution in [1.29, 1.82) is 0 Å². The first-order valence-corrected chi connectivity index (χ1v) is 8.53. The van der Waals surface area contributed by atoms with E-state index in [-0.39, 0.29) is 0 Å². The molecule has 0 spiro atoms. The second kappa shape index (κ2) is 10.1. The average molecular weight is 345 g/mol. The van der Waals surface area contributed by atoms with Crippen molar-refractivity contribution < 1.29 is 18.9 Å². The molecule has 7 heteroatoms. The van der Waals surface area contributed by atoms with Crippen molar-refractivity contribution in [2.24, 2.45) is 0 Å². The van der Waals surface area contributed by atoms with Gasteiger partial charge in [-0.1, -0.05) is 13.3 Å². The minimum Gasteiger partial charge on any atom is -0.494 e. The lowest BCUT2D eigenvalue weighted by atomic mass is 10.3. The van der Waals surface area contributed by atoms with Crippen LogP contribution in [-0.2, 0) is 16.1 Å². The molecule has 7 nitrogen and oxygen atoms in total.